The quantitative estimate of drug-likeness (QED) is 0.208. The number of aromatic nitrogens is 4. The summed E-state index contributed by atoms with van der Waals surface area (Å²) in [7, 11) is 0. The van der Waals surface area contributed by atoms with Gasteiger partial charge in [0.2, 0.25) is 5.95 Å². The molecule has 1 aliphatic carbocycles. The monoisotopic (exact) mass is 619 g/mol. The zero-order chi connectivity index (χ0) is 31.6. The van der Waals surface area contributed by atoms with Crippen LogP contribution in [0.1, 0.15) is 46.8 Å². The highest BCUT2D eigenvalue weighted by molar-refractivity contribution is 6.04. The van der Waals surface area contributed by atoms with Crippen molar-refractivity contribution in [2.24, 2.45) is 0 Å². The number of alkyl halides is 3. The van der Waals surface area contributed by atoms with E-state index in [1.807, 2.05) is 24.0 Å². The molecule has 1 saturated carbocycles. The Labute approximate surface area is 259 Å². The van der Waals surface area contributed by atoms with Crippen LogP contribution < -0.4 is 16.0 Å². The number of aryl methyl sites for hydroxylation is 1. The smallest absolute Gasteiger partial charge is 0.367 e. The minimum absolute atomic E-state index is 0.0631. The van der Waals surface area contributed by atoms with Crippen LogP contribution in [-0.2, 0) is 12.7 Å². The fourth-order valence-corrected chi connectivity index (χ4v) is 5.36. The van der Waals surface area contributed by atoms with E-state index in [0.29, 0.717) is 42.3 Å². The predicted molar refractivity (Wildman–Crippen MR) is 167 cm³/mol. The van der Waals surface area contributed by atoms with Crippen LogP contribution in [0.25, 0.3) is 5.82 Å². The molecule has 1 saturated heterocycles. The molecule has 4 aromatic rings. The lowest BCUT2D eigenvalue weighted by atomic mass is 10.0. The summed E-state index contributed by atoms with van der Waals surface area (Å²) in [6.45, 7) is 8.15. The van der Waals surface area contributed by atoms with Gasteiger partial charge in [-0.05, 0) is 61.7 Å². The Hall–Kier alpha value is -4.49. The first-order valence-electron chi connectivity index (χ1n) is 15.1. The molecule has 0 unspecified atom stereocenters. The van der Waals surface area contributed by atoms with Gasteiger partial charge in [0.15, 0.2) is 0 Å². The van der Waals surface area contributed by atoms with Crippen molar-refractivity contribution in [3.63, 3.8) is 0 Å². The van der Waals surface area contributed by atoms with Crippen LogP contribution in [0.2, 0.25) is 0 Å². The minimum Gasteiger partial charge on any atom is -0.367 e. The summed E-state index contributed by atoms with van der Waals surface area (Å²) in [5, 5.41) is 9.41. The van der Waals surface area contributed by atoms with Crippen LogP contribution in [0.4, 0.5) is 36.3 Å². The molecule has 0 bridgehead atoms. The largest absolute Gasteiger partial charge is 0.416 e. The Morgan fingerprint density at radius 1 is 0.978 bits per heavy atom. The molecular formula is C32H36F3N9O. The summed E-state index contributed by atoms with van der Waals surface area (Å²) in [4.78, 5) is 30.6. The van der Waals surface area contributed by atoms with E-state index in [2.05, 4.69) is 42.7 Å². The minimum atomic E-state index is -4.59. The summed E-state index contributed by atoms with van der Waals surface area (Å²) in [5.74, 6) is 1.23. The maximum atomic E-state index is 14.1. The van der Waals surface area contributed by atoms with Crippen molar-refractivity contribution in [1.29, 1.82) is 0 Å². The van der Waals surface area contributed by atoms with Crippen LogP contribution in [0.3, 0.4) is 0 Å². The number of hydrogen-bond donors (Lipinski definition) is 3. The topological polar surface area (TPSA) is 103 Å². The van der Waals surface area contributed by atoms with Crippen LogP contribution >= 0.6 is 0 Å². The number of halogens is 3. The lowest BCUT2D eigenvalue weighted by Crippen LogP contribution is -2.45. The molecule has 6 rings (SSSR count). The van der Waals surface area contributed by atoms with Gasteiger partial charge in [-0.3, -0.25) is 14.3 Å². The highest BCUT2D eigenvalue weighted by Gasteiger charge is 2.35. The molecule has 2 aliphatic rings. The third-order valence-electron chi connectivity index (χ3n) is 8.20. The Morgan fingerprint density at radius 2 is 1.76 bits per heavy atom. The third-order valence-corrected chi connectivity index (χ3v) is 8.20. The van der Waals surface area contributed by atoms with Gasteiger partial charge in [-0.25, -0.2) is 15.0 Å². The molecule has 0 radical (unpaired) electrons. The summed E-state index contributed by atoms with van der Waals surface area (Å²) in [5.41, 5.74) is 1.29. The van der Waals surface area contributed by atoms with Gasteiger partial charge in [-0.2, -0.15) is 13.2 Å². The Balaban J connectivity index is 1.17. The first-order chi connectivity index (χ1) is 21.7. The first kappa shape index (κ1) is 30.5. The van der Waals surface area contributed by atoms with Gasteiger partial charge in [0, 0.05) is 74.2 Å². The SMILES string of the molecule is CCN1CCN(Cc2ccc(C(=O)Nc3ccc(C)c(Nc4nccn4-c4cc(NC5CC5)ncn4)c3)cc2C(F)(F)F)CC1. The molecule has 3 heterocycles. The fraction of sp³-hybridized carbons (Fsp3) is 0.375. The van der Waals surface area contributed by atoms with E-state index >= 15 is 0 Å². The van der Waals surface area contributed by atoms with Gasteiger partial charge in [0.05, 0.1) is 5.56 Å². The highest BCUT2D eigenvalue weighted by Crippen LogP contribution is 2.34. The molecule has 2 fully saturated rings. The van der Waals surface area contributed by atoms with E-state index in [9.17, 15) is 18.0 Å². The van der Waals surface area contributed by atoms with Crippen LogP contribution in [-0.4, -0.2) is 74.0 Å². The Morgan fingerprint density at radius 3 is 2.49 bits per heavy atom. The summed E-state index contributed by atoms with van der Waals surface area (Å²) in [6.07, 6.45) is 2.57. The van der Waals surface area contributed by atoms with E-state index in [1.54, 1.807) is 29.1 Å². The maximum absolute atomic E-state index is 14.1. The number of nitrogens with one attached hydrogen (secondary N) is 3. The zero-order valence-corrected chi connectivity index (χ0v) is 25.2. The lowest BCUT2D eigenvalue weighted by molar-refractivity contribution is -0.138. The van der Waals surface area contributed by atoms with Gasteiger partial charge in [-0.1, -0.05) is 19.1 Å². The van der Waals surface area contributed by atoms with Gasteiger partial charge in [0.25, 0.3) is 5.91 Å². The van der Waals surface area contributed by atoms with E-state index < -0.39 is 17.6 Å². The number of carbonyl (C=O) groups excluding carboxylic acids is 1. The number of benzene rings is 2. The number of amides is 1. The van der Waals surface area contributed by atoms with Gasteiger partial charge in [0.1, 0.15) is 18.0 Å². The molecule has 3 N–H and O–H groups in total. The van der Waals surface area contributed by atoms with Crippen molar-refractivity contribution in [3.05, 3.63) is 83.4 Å². The molecule has 2 aromatic carbocycles. The molecule has 1 amide bonds. The third kappa shape index (κ3) is 7.43. The maximum Gasteiger partial charge on any atom is 0.416 e. The Kier molecular flexibility index (Phi) is 8.72. The molecule has 1 aliphatic heterocycles. The molecule has 2 aromatic heterocycles. The van der Waals surface area contributed by atoms with E-state index in [1.165, 1.54) is 18.5 Å². The van der Waals surface area contributed by atoms with Crippen molar-refractivity contribution in [1.82, 2.24) is 29.3 Å². The average Bonchev–Trinajstić information content (AvgIpc) is 3.72. The van der Waals surface area contributed by atoms with Gasteiger partial charge in [-0.15, -0.1) is 0 Å². The average molecular weight is 620 g/mol. The molecular weight excluding hydrogens is 583 g/mol. The molecule has 10 nitrogen and oxygen atoms in total. The zero-order valence-electron chi connectivity index (χ0n) is 25.2. The number of piperazine rings is 1. The molecule has 236 valence electrons. The van der Waals surface area contributed by atoms with E-state index in [4.69, 9.17) is 0 Å². The number of carbonyl (C=O) groups is 1. The highest BCUT2D eigenvalue weighted by atomic mass is 19.4. The standard InChI is InChI=1S/C32H36F3N9O/c1-3-42-12-14-43(15-13-42)19-23-6-5-22(16-26(23)32(33,34)35)30(45)40-25-7-4-21(2)27(17-25)41-31-36-10-11-44(31)29-18-28(37-20-38-29)39-24-8-9-24/h4-7,10-11,16-18,20,24H,3,8-9,12-15,19H2,1-2H3,(H,36,41)(H,40,45)(H,37,38,39). The number of likely N-dealkylation sites (N-methyl/N-ethyl adjacent to an activating group) is 1. The number of hydrogen-bond acceptors (Lipinski definition) is 8. The normalized spacial score (nSPS) is 16.0. The van der Waals surface area contributed by atoms with Crippen molar-refractivity contribution in [3.8, 4) is 5.82 Å². The van der Waals surface area contributed by atoms with Gasteiger partial charge < -0.3 is 20.9 Å². The molecule has 13 heteroatoms. The van der Waals surface area contributed by atoms with Crippen molar-refractivity contribution in [2.45, 2.75) is 45.5 Å². The van der Waals surface area contributed by atoms with Crippen molar-refractivity contribution in [2.75, 3.05) is 48.7 Å². The second-order valence-electron chi connectivity index (χ2n) is 11.5. The van der Waals surface area contributed by atoms with Crippen molar-refractivity contribution >= 4 is 29.0 Å². The lowest BCUT2D eigenvalue weighted by Gasteiger charge is -2.34. The first-order valence-corrected chi connectivity index (χ1v) is 15.1. The number of imidazole rings is 1. The number of nitrogens with zero attached hydrogens (tertiary/aromatic N) is 6. The summed E-state index contributed by atoms with van der Waals surface area (Å²) in [6, 6.07) is 11.4. The van der Waals surface area contributed by atoms with Gasteiger partial charge >= 0.3 is 6.18 Å². The summed E-state index contributed by atoms with van der Waals surface area (Å²) >= 11 is 0. The van der Waals surface area contributed by atoms with Crippen LogP contribution in [0.15, 0.2) is 61.2 Å². The van der Waals surface area contributed by atoms with E-state index in [-0.39, 0.29) is 17.7 Å². The molecule has 0 atom stereocenters. The molecule has 0 spiro atoms. The number of rotatable bonds is 10. The van der Waals surface area contributed by atoms with Crippen LogP contribution in [0, 0.1) is 6.92 Å². The Bertz CT molecular complexity index is 1660. The summed E-state index contributed by atoms with van der Waals surface area (Å²) < 4.78 is 44.1. The van der Waals surface area contributed by atoms with Crippen LogP contribution in [0.5, 0.6) is 0 Å². The molecule has 45 heavy (non-hydrogen) atoms. The predicted octanol–water partition coefficient (Wildman–Crippen LogP) is 5.70. The number of anilines is 4. The second kappa shape index (κ2) is 12.9. The second-order valence-corrected chi connectivity index (χ2v) is 11.5. The fourth-order valence-electron chi connectivity index (χ4n) is 5.36. The van der Waals surface area contributed by atoms with E-state index in [0.717, 1.165) is 49.9 Å². The van der Waals surface area contributed by atoms with Crippen molar-refractivity contribution < 1.29 is 18.0 Å².